The fraction of sp³-hybridized carbons (Fsp3) is 0.174. The molecule has 0 aliphatic heterocycles. The first-order valence-electron chi connectivity index (χ1n) is 9.90. The van der Waals surface area contributed by atoms with Gasteiger partial charge in [-0.05, 0) is 54.8 Å². The van der Waals surface area contributed by atoms with Gasteiger partial charge in [0, 0.05) is 22.7 Å². The zero-order valence-corrected chi connectivity index (χ0v) is 18.7. The number of aromatic nitrogens is 3. The lowest BCUT2D eigenvalue weighted by Gasteiger charge is -2.10. The summed E-state index contributed by atoms with van der Waals surface area (Å²) < 4.78 is 7.45. The molecule has 0 saturated carbocycles. The van der Waals surface area contributed by atoms with Gasteiger partial charge in [-0.15, -0.1) is 21.5 Å². The Balaban J connectivity index is 1.46. The minimum absolute atomic E-state index is 0.100. The van der Waals surface area contributed by atoms with Crippen LogP contribution in [0.5, 0.6) is 5.75 Å². The van der Waals surface area contributed by atoms with Crippen LogP contribution in [-0.2, 0) is 11.2 Å². The molecule has 1 amide bonds. The maximum absolute atomic E-state index is 12.5. The molecular formula is C23H22N4O2S2. The Bertz CT molecular complexity index is 1110. The van der Waals surface area contributed by atoms with Crippen LogP contribution >= 0.6 is 23.1 Å². The summed E-state index contributed by atoms with van der Waals surface area (Å²) >= 11 is 3.06. The first-order chi connectivity index (χ1) is 15.2. The molecule has 0 saturated heterocycles. The number of benzene rings is 2. The second-order valence-electron chi connectivity index (χ2n) is 6.62. The van der Waals surface area contributed by atoms with Crippen LogP contribution in [0.15, 0.2) is 77.3 Å². The van der Waals surface area contributed by atoms with Crippen molar-refractivity contribution in [3.63, 3.8) is 0 Å². The monoisotopic (exact) mass is 450 g/mol. The van der Waals surface area contributed by atoms with Crippen LogP contribution < -0.4 is 10.1 Å². The summed E-state index contributed by atoms with van der Waals surface area (Å²) in [6, 6.07) is 21.5. The number of anilines is 1. The van der Waals surface area contributed by atoms with Crippen LogP contribution in [0.4, 0.5) is 5.69 Å². The van der Waals surface area contributed by atoms with E-state index in [1.54, 1.807) is 11.3 Å². The van der Waals surface area contributed by atoms with Crippen molar-refractivity contribution in [1.29, 1.82) is 0 Å². The molecule has 0 atom stereocenters. The number of rotatable bonds is 9. The fourth-order valence-corrected chi connectivity index (χ4v) is 4.51. The van der Waals surface area contributed by atoms with Gasteiger partial charge in [0.05, 0.1) is 12.4 Å². The molecule has 0 spiro atoms. The van der Waals surface area contributed by atoms with Gasteiger partial charge in [-0.1, -0.05) is 36.0 Å². The molecule has 4 aromatic rings. The minimum atomic E-state index is -0.100. The van der Waals surface area contributed by atoms with E-state index >= 15 is 0 Å². The fourth-order valence-electron chi connectivity index (χ4n) is 3.04. The first-order valence-corrected chi connectivity index (χ1v) is 11.8. The average Bonchev–Trinajstić information content (AvgIpc) is 3.45. The molecule has 0 fully saturated rings. The highest BCUT2D eigenvalue weighted by atomic mass is 32.2. The van der Waals surface area contributed by atoms with Gasteiger partial charge < -0.3 is 10.1 Å². The Labute approximate surface area is 189 Å². The van der Waals surface area contributed by atoms with Gasteiger partial charge in [0.15, 0.2) is 5.16 Å². The van der Waals surface area contributed by atoms with Gasteiger partial charge >= 0.3 is 0 Å². The van der Waals surface area contributed by atoms with Crippen LogP contribution in [0.25, 0.3) is 5.69 Å². The maximum Gasteiger partial charge on any atom is 0.234 e. The number of para-hydroxylation sites is 1. The summed E-state index contributed by atoms with van der Waals surface area (Å²) in [7, 11) is 0. The first kappa shape index (κ1) is 21.1. The van der Waals surface area contributed by atoms with E-state index < -0.39 is 0 Å². The molecule has 2 aromatic heterocycles. The van der Waals surface area contributed by atoms with Crippen LogP contribution in [0.3, 0.4) is 0 Å². The number of nitrogens with one attached hydrogen (secondary N) is 1. The van der Waals surface area contributed by atoms with E-state index in [9.17, 15) is 4.79 Å². The van der Waals surface area contributed by atoms with Crippen molar-refractivity contribution in [2.24, 2.45) is 0 Å². The highest BCUT2D eigenvalue weighted by molar-refractivity contribution is 7.99. The second-order valence-corrected chi connectivity index (χ2v) is 8.59. The average molecular weight is 451 g/mol. The highest BCUT2D eigenvalue weighted by Crippen LogP contribution is 2.25. The SMILES string of the molecule is CCOc1ccc(NC(=O)CSc2nnc(Cc3cccs3)n2-c2ccccc2)cc1. The second kappa shape index (κ2) is 10.3. The maximum atomic E-state index is 12.5. The molecule has 158 valence electrons. The lowest BCUT2D eigenvalue weighted by atomic mass is 10.3. The molecule has 2 heterocycles. The molecule has 6 nitrogen and oxygen atoms in total. The molecule has 4 rings (SSSR count). The predicted molar refractivity (Wildman–Crippen MR) is 125 cm³/mol. The van der Waals surface area contributed by atoms with E-state index in [4.69, 9.17) is 4.74 Å². The van der Waals surface area contributed by atoms with Crippen molar-refractivity contribution in [2.75, 3.05) is 17.7 Å². The smallest absolute Gasteiger partial charge is 0.234 e. The number of hydrogen-bond acceptors (Lipinski definition) is 6. The van der Waals surface area contributed by atoms with Gasteiger partial charge in [0.1, 0.15) is 11.6 Å². The highest BCUT2D eigenvalue weighted by Gasteiger charge is 2.16. The van der Waals surface area contributed by atoms with E-state index in [-0.39, 0.29) is 11.7 Å². The standard InChI is InChI=1S/C23H22N4O2S2/c1-2-29-19-12-10-17(11-13-19)24-22(28)16-31-23-26-25-21(15-20-9-6-14-30-20)27(23)18-7-4-3-5-8-18/h3-14H,2,15-16H2,1H3,(H,24,28). The molecular weight excluding hydrogens is 428 g/mol. The van der Waals surface area contributed by atoms with Crippen molar-refractivity contribution < 1.29 is 9.53 Å². The summed E-state index contributed by atoms with van der Waals surface area (Å²) in [5.74, 6) is 1.76. The Kier molecular flexibility index (Phi) is 7.01. The van der Waals surface area contributed by atoms with Crippen LogP contribution in [-0.4, -0.2) is 33.0 Å². The number of hydrogen-bond donors (Lipinski definition) is 1. The largest absolute Gasteiger partial charge is 0.494 e. The molecule has 1 N–H and O–H groups in total. The molecule has 2 aromatic carbocycles. The molecule has 8 heteroatoms. The molecule has 0 unspecified atom stereocenters. The molecule has 0 radical (unpaired) electrons. The predicted octanol–water partition coefficient (Wildman–Crippen LogP) is 5.05. The number of thiophene rings is 1. The Hall–Kier alpha value is -3.10. The van der Waals surface area contributed by atoms with E-state index in [0.717, 1.165) is 22.9 Å². The third-order valence-corrected chi connectivity index (χ3v) is 6.21. The van der Waals surface area contributed by atoms with Crippen molar-refractivity contribution in [3.05, 3.63) is 82.8 Å². The zero-order chi connectivity index (χ0) is 21.5. The number of ether oxygens (including phenoxy) is 1. The third kappa shape index (κ3) is 5.53. The summed E-state index contributed by atoms with van der Waals surface area (Å²) in [6.45, 7) is 2.55. The van der Waals surface area contributed by atoms with Gasteiger partial charge in [-0.2, -0.15) is 0 Å². The summed E-state index contributed by atoms with van der Waals surface area (Å²) in [6.07, 6.45) is 0.693. The quantitative estimate of drug-likeness (QED) is 0.362. The molecule has 0 aliphatic rings. The van der Waals surface area contributed by atoms with Crippen molar-refractivity contribution in [3.8, 4) is 11.4 Å². The van der Waals surface area contributed by atoms with E-state index in [0.29, 0.717) is 18.2 Å². The van der Waals surface area contributed by atoms with Crippen molar-refractivity contribution >= 4 is 34.7 Å². The summed E-state index contributed by atoms with van der Waals surface area (Å²) in [5, 5.41) is 14.4. The van der Waals surface area contributed by atoms with Crippen LogP contribution in [0, 0.1) is 0 Å². The number of carbonyl (C=O) groups is 1. The van der Waals surface area contributed by atoms with E-state index in [1.807, 2.05) is 72.2 Å². The Morgan fingerprint density at radius 2 is 1.87 bits per heavy atom. The van der Waals surface area contributed by atoms with Crippen molar-refractivity contribution in [2.45, 2.75) is 18.5 Å². The number of carbonyl (C=O) groups excluding carboxylic acids is 1. The van der Waals surface area contributed by atoms with E-state index in [1.165, 1.54) is 16.6 Å². The minimum Gasteiger partial charge on any atom is -0.494 e. The number of amides is 1. The Morgan fingerprint density at radius 1 is 1.06 bits per heavy atom. The number of thioether (sulfide) groups is 1. The zero-order valence-electron chi connectivity index (χ0n) is 17.0. The summed E-state index contributed by atoms with van der Waals surface area (Å²) in [5.41, 5.74) is 1.71. The van der Waals surface area contributed by atoms with Gasteiger partial charge in [-0.25, -0.2) is 0 Å². The molecule has 31 heavy (non-hydrogen) atoms. The van der Waals surface area contributed by atoms with Crippen LogP contribution in [0.1, 0.15) is 17.6 Å². The topological polar surface area (TPSA) is 69.0 Å². The van der Waals surface area contributed by atoms with Crippen LogP contribution in [0.2, 0.25) is 0 Å². The molecule has 0 aliphatic carbocycles. The van der Waals surface area contributed by atoms with E-state index in [2.05, 4.69) is 27.0 Å². The van der Waals surface area contributed by atoms with Gasteiger partial charge in [-0.3, -0.25) is 9.36 Å². The van der Waals surface area contributed by atoms with Gasteiger partial charge in [0.2, 0.25) is 5.91 Å². The number of nitrogens with zero attached hydrogens (tertiary/aromatic N) is 3. The normalized spacial score (nSPS) is 10.7. The summed E-state index contributed by atoms with van der Waals surface area (Å²) in [4.78, 5) is 13.7. The third-order valence-electron chi connectivity index (χ3n) is 4.41. The lowest BCUT2D eigenvalue weighted by molar-refractivity contribution is -0.113. The van der Waals surface area contributed by atoms with Crippen molar-refractivity contribution in [1.82, 2.24) is 14.8 Å². The van der Waals surface area contributed by atoms with Gasteiger partial charge in [0.25, 0.3) is 0 Å². The lowest BCUT2D eigenvalue weighted by Crippen LogP contribution is -2.14. The molecule has 0 bridgehead atoms. The Morgan fingerprint density at radius 3 is 2.58 bits per heavy atom.